The Morgan fingerprint density at radius 2 is 1.97 bits per heavy atom. The number of phenols is 2. The lowest BCUT2D eigenvalue weighted by atomic mass is 9.50. The molecular weight excluding hydrogens is 430 g/mol. The Morgan fingerprint density at radius 1 is 1.24 bits per heavy atom. The summed E-state index contributed by atoms with van der Waals surface area (Å²) in [6, 6.07) is 2.11. The van der Waals surface area contributed by atoms with Gasteiger partial charge in [0.2, 0.25) is 5.91 Å². The Bertz CT molecular complexity index is 1110. The molecule has 2 saturated carbocycles. The minimum absolute atomic E-state index is 0.0246. The Labute approximate surface area is 190 Å². The molecule has 2 aliphatic heterocycles. The van der Waals surface area contributed by atoms with Gasteiger partial charge in [-0.25, -0.2) is 4.79 Å². The zero-order chi connectivity index (χ0) is 23.9. The predicted octanol–water partition coefficient (Wildman–Crippen LogP) is 2.20. The first-order chi connectivity index (χ1) is 15.4. The molecule has 0 radical (unpaired) electrons. The molecule has 1 amide bonds. The van der Waals surface area contributed by atoms with Crippen LogP contribution in [-0.2, 0) is 14.3 Å². The van der Waals surface area contributed by atoms with Crippen LogP contribution in [0.4, 0.5) is 5.69 Å². The summed E-state index contributed by atoms with van der Waals surface area (Å²) in [5.41, 5.74) is -2.76. The van der Waals surface area contributed by atoms with Crippen LogP contribution in [0, 0.1) is 22.7 Å². The molecule has 5 N–H and O–H groups in total. The third-order valence-corrected chi connectivity index (χ3v) is 8.55. The average molecular weight is 457 g/mol. The van der Waals surface area contributed by atoms with E-state index < -0.39 is 51.5 Å². The van der Waals surface area contributed by atoms with Gasteiger partial charge in [0.1, 0.15) is 17.0 Å². The van der Waals surface area contributed by atoms with Crippen LogP contribution in [0.15, 0.2) is 24.3 Å². The fourth-order valence-corrected chi connectivity index (χ4v) is 7.12. The summed E-state index contributed by atoms with van der Waals surface area (Å²) in [5.74, 6) is -3.57. The maximum atomic E-state index is 13.1. The summed E-state index contributed by atoms with van der Waals surface area (Å²) in [6.45, 7) is 3.83. The highest BCUT2D eigenvalue weighted by Crippen LogP contribution is 2.71. The van der Waals surface area contributed by atoms with E-state index >= 15 is 0 Å². The van der Waals surface area contributed by atoms with Gasteiger partial charge in [0.05, 0.1) is 17.8 Å². The van der Waals surface area contributed by atoms with Gasteiger partial charge in [-0.15, -0.1) is 0 Å². The highest BCUT2D eigenvalue weighted by molar-refractivity contribution is 6.00. The minimum atomic E-state index is -1.40. The lowest BCUT2D eigenvalue weighted by molar-refractivity contribution is -0.179. The van der Waals surface area contributed by atoms with E-state index in [0.29, 0.717) is 12.8 Å². The SMILES string of the molecule is C[C@@]12CC34C=CC(=O)[C@@](C)(CCC(=O)Nc5c(O)ccc(C(=O)O)c5O)C3[C@H](CC1[C@H]4O)O2. The molecule has 3 unspecified atom stereocenters. The fourth-order valence-electron chi connectivity index (χ4n) is 7.12. The highest BCUT2D eigenvalue weighted by atomic mass is 16.5. The maximum Gasteiger partial charge on any atom is 0.339 e. The number of ether oxygens (including phenoxy) is 1. The fraction of sp³-hybridized carbons (Fsp3) is 0.542. The molecule has 176 valence electrons. The first kappa shape index (κ1) is 21.9. The summed E-state index contributed by atoms with van der Waals surface area (Å²) in [7, 11) is 0. The van der Waals surface area contributed by atoms with E-state index in [0.717, 1.165) is 12.1 Å². The van der Waals surface area contributed by atoms with Gasteiger partial charge in [-0.2, -0.15) is 0 Å². The number of aromatic hydroxyl groups is 2. The van der Waals surface area contributed by atoms with Crippen molar-refractivity contribution in [2.45, 2.75) is 57.3 Å². The van der Waals surface area contributed by atoms with Crippen LogP contribution >= 0.6 is 0 Å². The number of nitrogens with one attached hydrogen (secondary N) is 1. The smallest absolute Gasteiger partial charge is 0.339 e. The molecule has 1 spiro atoms. The third kappa shape index (κ3) is 2.81. The molecule has 1 aromatic carbocycles. The molecule has 9 heteroatoms. The van der Waals surface area contributed by atoms with Crippen molar-refractivity contribution in [2.75, 3.05) is 5.32 Å². The number of benzene rings is 1. The second-order valence-electron chi connectivity index (χ2n) is 10.3. The molecule has 9 nitrogen and oxygen atoms in total. The number of hydrogen-bond acceptors (Lipinski definition) is 7. The van der Waals surface area contributed by atoms with Crippen molar-refractivity contribution >= 4 is 23.3 Å². The van der Waals surface area contributed by atoms with Crippen molar-refractivity contribution < 1.29 is 39.5 Å². The number of anilines is 1. The number of amides is 1. The Kier molecular flexibility index (Phi) is 4.52. The molecule has 33 heavy (non-hydrogen) atoms. The van der Waals surface area contributed by atoms with Gasteiger partial charge in [0.15, 0.2) is 11.5 Å². The quantitative estimate of drug-likeness (QED) is 0.422. The van der Waals surface area contributed by atoms with Crippen molar-refractivity contribution in [1.82, 2.24) is 0 Å². The van der Waals surface area contributed by atoms with Crippen LogP contribution in [0.2, 0.25) is 0 Å². The van der Waals surface area contributed by atoms with Crippen LogP contribution in [0.3, 0.4) is 0 Å². The predicted molar refractivity (Wildman–Crippen MR) is 115 cm³/mol. The molecule has 3 aliphatic carbocycles. The van der Waals surface area contributed by atoms with Crippen LogP contribution < -0.4 is 5.32 Å². The second kappa shape index (κ2) is 6.80. The average Bonchev–Trinajstić information content (AvgIpc) is 3.09. The molecule has 7 atom stereocenters. The van der Waals surface area contributed by atoms with E-state index in [1.165, 1.54) is 6.08 Å². The third-order valence-electron chi connectivity index (χ3n) is 8.55. The summed E-state index contributed by atoms with van der Waals surface area (Å²) < 4.78 is 6.32. The molecule has 2 heterocycles. The second-order valence-corrected chi connectivity index (χ2v) is 10.3. The van der Waals surface area contributed by atoms with Gasteiger partial charge in [-0.05, 0) is 44.4 Å². The molecule has 5 aliphatic rings. The number of aliphatic hydroxyl groups excluding tert-OH is 1. The van der Waals surface area contributed by atoms with Crippen LogP contribution in [0.25, 0.3) is 0 Å². The number of carbonyl (C=O) groups is 3. The number of aromatic carboxylic acids is 1. The van der Waals surface area contributed by atoms with Crippen molar-refractivity contribution in [3.63, 3.8) is 0 Å². The largest absolute Gasteiger partial charge is 0.506 e. The number of aliphatic hydroxyl groups is 1. The van der Waals surface area contributed by atoms with Gasteiger partial charge in [0.25, 0.3) is 0 Å². The number of carboxylic acid groups (broad SMARTS) is 1. The highest BCUT2D eigenvalue weighted by Gasteiger charge is 2.75. The van der Waals surface area contributed by atoms with Gasteiger partial charge in [-0.1, -0.05) is 13.0 Å². The summed E-state index contributed by atoms with van der Waals surface area (Å²) in [6.07, 6.45) is 3.95. The van der Waals surface area contributed by atoms with E-state index in [9.17, 15) is 29.7 Å². The van der Waals surface area contributed by atoms with E-state index in [-0.39, 0.29) is 42.3 Å². The van der Waals surface area contributed by atoms with Crippen molar-refractivity contribution in [2.24, 2.45) is 22.7 Å². The van der Waals surface area contributed by atoms with E-state index in [1.807, 2.05) is 19.9 Å². The van der Waals surface area contributed by atoms with Crippen LogP contribution in [-0.4, -0.2) is 55.9 Å². The standard InChI is InChI=1S/C24H27NO8/c1-22(7-6-16(28)25-17-13(26)4-3-11(18(17)29)21(31)32)15(27)5-8-24-10-23(2)12(20(24)30)9-14(33-23)19(22)24/h3-5,8,12,14,19-20,26,29-30H,6-7,9-10H2,1-2H3,(H,25,28)(H,31,32)/t12?,14-,19?,20+,22+,23+,24?/m0/s1. The van der Waals surface area contributed by atoms with Gasteiger partial charge >= 0.3 is 5.97 Å². The molecule has 2 saturated heterocycles. The molecule has 0 aromatic heterocycles. The first-order valence-corrected chi connectivity index (χ1v) is 11.1. The lowest BCUT2D eigenvalue weighted by Crippen LogP contribution is -2.60. The lowest BCUT2D eigenvalue weighted by Gasteiger charge is -2.56. The maximum absolute atomic E-state index is 13.1. The van der Waals surface area contributed by atoms with E-state index in [2.05, 4.69) is 5.32 Å². The minimum Gasteiger partial charge on any atom is -0.506 e. The molecule has 1 aromatic rings. The molecule has 6 rings (SSSR count). The van der Waals surface area contributed by atoms with Gasteiger partial charge in [-0.3, -0.25) is 9.59 Å². The zero-order valence-corrected chi connectivity index (χ0v) is 18.4. The topological polar surface area (TPSA) is 153 Å². The number of ketones is 1. The molecule has 4 bridgehead atoms. The Morgan fingerprint density at radius 3 is 2.64 bits per heavy atom. The van der Waals surface area contributed by atoms with Gasteiger partial charge in [0, 0.05) is 29.1 Å². The molecular formula is C24H27NO8. The number of phenolic OH excluding ortho intramolecular Hbond substituents is 1. The Hall–Kier alpha value is -2.91. The monoisotopic (exact) mass is 457 g/mol. The number of rotatable bonds is 5. The van der Waals surface area contributed by atoms with Crippen molar-refractivity contribution in [3.05, 3.63) is 29.8 Å². The van der Waals surface area contributed by atoms with E-state index in [1.54, 1.807) is 0 Å². The van der Waals surface area contributed by atoms with Crippen molar-refractivity contribution in [3.8, 4) is 11.5 Å². The number of carboxylic acids is 1. The summed E-state index contributed by atoms with van der Waals surface area (Å²) in [5, 5.41) is 42.8. The number of hydrogen-bond donors (Lipinski definition) is 5. The zero-order valence-electron chi connectivity index (χ0n) is 18.4. The first-order valence-electron chi connectivity index (χ1n) is 11.1. The van der Waals surface area contributed by atoms with Crippen molar-refractivity contribution in [1.29, 1.82) is 0 Å². The molecule has 4 fully saturated rings. The van der Waals surface area contributed by atoms with Crippen LogP contribution in [0.1, 0.15) is 49.9 Å². The summed E-state index contributed by atoms with van der Waals surface area (Å²) in [4.78, 5) is 37.0. The summed E-state index contributed by atoms with van der Waals surface area (Å²) >= 11 is 0. The number of allylic oxidation sites excluding steroid dienone is 1. The van der Waals surface area contributed by atoms with E-state index in [4.69, 9.17) is 9.84 Å². The number of carbonyl (C=O) groups excluding carboxylic acids is 2. The van der Waals surface area contributed by atoms with Crippen LogP contribution in [0.5, 0.6) is 11.5 Å². The van der Waals surface area contributed by atoms with Gasteiger partial charge < -0.3 is 30.5 Å². The normalized spacial score (nSPS) is 40.2. The Balaban J connectivity index is 1.38.